The molecule has 3 aromatic carbocycles. The van der Waals surface area contributed by atoms with Crippen molar-refractivity contribution in [3.63, 3.8) is 0 Å². The van der Waals surface area contributed by atoms with Crippen LogP contribution in [0, 0.1) is 6.92 Å². The minimum absolute atomic E-state index is 0.0351. The number of benzene rings is 3. The van der Waals surface area contributed by atoms with Crippen molar-refractivity contribution in [3.8, 4) is 22.7 Å². The molecule has 1 N–H and O–H groups in total. The van der Waals surface area contributed by atoms with E-state index >= 15 is 0 Å². The molecule has 0 fully saturated rings. The molecule has 0 radical (unpaired) electrons. The number of halogens is 1. The Hall–Kier alpha value is -4.51. The van der Waals surface area contributed by atoms with Gasteiger partial charge in [0.05, 0.1) is 10.6 Å². The van der Waals surface area contributed by atoms with Crippen LogP contribution in [0.5, 0.6) is 5.75 Å². The lowest BCUT2D eigenvalue weighted by molar-refractivity contribution is -0.115. The third-order valence-corrected chi connectivity index (χ3v) is 7.66. The maximum absolute atomic E-state index is 12.9. The fourth-order valence-corrected chi connectivity index (χ4v) is 5.30. The maximum Gasteiger partial charge on any atom is 0.265 e. The highest BCUT2D eigenvalue weighted by Gasteiger charge is 2.20. The van der Waals surface area contributed by atoms with Gasteiger partial charge in [0.25, 0.3) is 15.9 Å². The van der Waals surface area contributed by atoms with Crippen LogP contribution in [0.2, 0.25) is 5.02 Å². The molecule has 0 aliphatic heterocycles. The van der Waals surface area contributed by atoms with E-state index in [1.54, 1.807) is 18.2 Å². The molecule has 1 amide bonds. The van der Waals surface area contributed by atoms with E-state index in [1.165, 1.54) is 30.4 Å². The summed E-state index contributed by atoms with van der Waals surface area (Å²) in [6.45, 7) is 2.35. The number of aromatic nitrogens is 1. The van der Waals surface area contributed by atoms with Gasteiger partial charge in [0, 0.05) is 33.6 Å². The van der Waals surface area contributed by atoms with Gasteiger partial charge in [-0.2, -0.15) is 0 Å². The Morgan fingerprint density at radius 3 is 2.46 bits per heavy atom. The number of allylic oxidation sites excluding steroid dienone is 2. The number of amides is 1. The Balaban J connectivity index is 1.43. The summed E-state index contributed by atoms with van der Waals surface area (Å²) in [5, 5.41) is 0.563. The molecule has 0 spiro atoms. The van der Waals surface area contributed by atoms with Crippen LogP contribution in [-0.2, 0) is 21.4 Å². The molecule has 1 heterocycles. The molecule has 8 heteroatoms. The fourth-order valence-electron chi connectivity index (χ4n) is 4.16. The molecule has 0 unspecified atom stereocenters. The summed E-state index contributed by atoms with van der Waals surface area (Å²) in [4.78, 5) is 12.4. The molecular formula is C31H23ClN2O4S. The summed E-state index contributed by atoms with van der Waals surface area (Å²) in [6, 6.07) is 25.6. The second-order valence-corrected chi connectivity index (χ2v) is 10.9. The lowest BCUT2D eigenvalue weighted by atomic mass is 10.1. The number of hydrogen-bond acceptors (Lipinski definition) is 4. The Bertz CT molecular complexity index is 1790. The van der Waals surface area contributed by atoms with Crippen molar-refractivity contribution in [2.24, 2.45) is 0 Å². The molecular weight excluding hydrogens is 532 g/mol. The molecule has 0 saturated heterocycles. The number of nitrogens with zero attached hydrogens (tertiary/aromatic N) is 1. The third-order valence-electron chi connectivity index (χ3n) is 6.08. The van der Waals surface area contributed by atoms with Gasteiger partial charge in [-0.3, -0.25) is 4.79 Å². The van der Waals surface area contributed by atoms with Crippen molar-refractivity contribution < 1.29 is 17.9 Å². The first-order valence-electron chi connectivity index (χ1n) is 12.0. The van der Waals surface area contributed by atoms with Crippen molar-refractivity contribution in [2.75, 3.05) is 0 Å². The average Bonchev–Trinajstić information content (AvgIpc) is 3.34. The van der Waals surface area contributed by atoms with Gasteiger partial charge in [-0.15, -0.1) is 0 Å². The number of aryl methyl sites for hydroxylation is 1. The van der Waals surface area contributed by atoms with Crippen LogP contribution in [0.4, 0.5) is 0 Å². The van der Waals surface area contributed by atoms with Crippen molar-refractivity contribution in [3.05, 3.63) is 136 Å². The topological polar surface area (TPSA) is 77.4 Å². The van der Waals surface area contributed by atoms with Gasteiger partial charge in [-0.1, -0.05) is 53.4 Å². The normalized spacial score (nSPS) is 12.3. The van der Waals surface area contributed by atoms with E-state index in [0.29, 0.717) is 17.4 Å². The Labute approximate surface area is 231 Å². The Morgan fingerprint density at radius 2 is 1.74 bits per heavy atom. The zero-order valence-corrected chi connectivity index (χ0v) is 22.5. The predicted octanol–water partition coefficient (Wildman–Crippen LogP) is 6.30. The van der Waals surface area contributed by atoms with E-state index < -0.39 is 15.9 Å². The van der Waals surface area contributed by atoms with Gasteiger partial charge in [-0.05, 0) is 79.2 Å². The first kappa shape index (κ1) is 26.1. The van der Waals surface area contributed by atoms with E-state index in [2.05, 4.69) is 16.2 Å². The van der Waals surface area contributed by atoms with Gasteiger partial charge < -0.3 is 9.30 Å². The lowest BCUT2D eigenvalue weighted by Gasteiger charge is -2.17. The van der Waals surface area contributed by atoms with Gasteiger partial charge in [-0.25, -0.2) is 13.1 Å². The van der Waals surface area contributed by atoms with Crippen molar-refractivity contribution >= 4 is 27.5 Å². The van der Waals surface area contributed by atoms with Crippen molar-refractivity contribution in [1.82, 2.24) is 9.29 Å². The highest BCUT2D eigenvalue weighted by Crippen LogP contribution is 2.36. The summed E-state index contributed by atoms with van der Waals surface area (Å²) in [5.74, 6) is -0.0721. The van der Waals surface area contributed by atoms with Gasteiger partial charge in [0.1, 0.15) is 12.4 Å². The van der Waals surface area contributed by atoms with Crippen molar-refractivity contribution in [2.45, 2.75) is 18.4 Å². The molecule has 1 aliphatic rings. The summed E-state index contributed by atoms with van der Waals surface area (Å²) in [5.41, 5.74) is 9.82. The van der Waals surface area contributed by atoms with Crippen molar-refractivity contribution in [1.29, 1.82) is 0 Å². The summed E-state index contributed by atoms with van der Waals surface area (Å²) < 4.78 is 36.0. The van der Waals surface area contributed by atoms with Gasteiger partial charge >= 0.3 is 0 Å². The number of carbonyl (C=O) groups excluding carboxylic acids is 1. The highest BCUT2D eigenvalue weighted by atomic mass is 35.5. The molecule has 6 nitrogen and oxygen atoms in total. The maximum atomic E-state index is 12.9. The second-order valence-electron chi connectivity index (χ2n) is 8.76. The number of sulfonamides is 1. The standard InChI is InChI=1S/C31H23ClN2O4S/c1-22-12-18-29(28-20-25(32)13-19-30(28)38-21-23-8-4-2-5-9-23)34(22)26-14-16-27(17-15-26)39(36,37)33-31(35)24-10-6-3-7-11-24/h2,4-6,8-20H,21H2,1H3,(H,33,35). The Kier molecular flexibility index (Phi) is 7.42. The van der Waals surface area contributed by atoms with E-state index in [9.17, 15) is 13.2 Å². The minimum atomic E-state index is -4.08. The van der Waals surface area contributed by atoms with Gasteiger partial charge in [0.15, 0.2) is 0 Å². The molecule has 4 aromatic rings. The number of ether oxygens (including phenoxy) is 1. The van der Waals surface area contributed by atoms with E-state index in [4.69, 9.17) is 16.3 Å². The van der Waals surface area contributed by atoms with E-state index in [-0.39, 0.29) is 10.5 Å². The first-order valence-corrected chi connectivity index (χ1v) is 13.9. The van der Waals surface area contributed by atoms with E-state index in [0.717, 1.165) is 28.2 Å². The molecule has 1 aliphatic carbocycles. The predicted molar refractivity (Wildman–Crippen MR) is 151 cm³/mol. The SMILES string of the molecule is Cc1ccc(-c2cc(Cl)ccc2OCc2ccccc2)n1-c1ccc(S(=O)(=O)NC(=O)C2=CC=C=C=C2)cc1. The summed E-state index contributed by atoms with van der Waals surface area (Å²) >= 11 is 6.38. The van der Waals surface area contributed by atoms with Crippen LogP contribution in [0.3, 0.4) is 0 Å². The second kappa shape index (κ2) is 11.1. The molecule has 1 aromatic heterocycles. The third kappa shape index (κ3) is 5.83. The zero-order valence-electron chi connectivity index (χ0n) is 20.9. The number of hydrogen-bond donors (Lipinski definition) is 1. The first-order chi connectivity index (χ1) is 18.8. The smallest absolute Gasteiger partial charge is 0.265 e. The number of carbonyl (C=O) groups is 1. The van der Waals surface area contributed by atoms with Crippen LogP contribution >= 0.6 is 11.6 Å². The lowest BCUT2D eigenvalue weighted by Crippen LogP contribution is -2.31. The zero-order chi connectivity index (χ0) is 27.4. The number of rotatable bonds is 8. The summed E-state index contributed by atoms with van der Waals surface area (Å²) in [7, 11) is -4.08. The van der Waals surface area contributed by atoms with Crippen LogP contribution in [0.15, 0.2) is 125 Å². The molecule has 194 valence electrons. The van der Waals surface area contributed by atoms with Crippen LogP contribution in [0.1, 0.15) is 11.3 Å². The van der Waals surface area contributed by atoms with Crippen LogP contribution in [0.25, 0.3) is 16.9 Å². The van der Waals surface area contributed by atoms with Gasteiger partial charge in [0.2, 0.25) is 0 Å². The fraction of sp³-hybridized carbons (Fsp3) is 0.0645. The van der Waals surface area contributed by atoms with Crippen LogP contribution < -0.4 is 9.46 Å². The molecule has 0 atom stereocenters. The highest BCUT2D eigenvalue weighted by molar-refractivity contribution is 7.90. The average molecular weight is 555 g/mol. The molecule has 39 heavy (non-hydrogen) atoms. The molecule has 0 bridgehead atoms. The number of nitrogens with one attached hydrogen (secondary N) is 1. The molecule has 5 rings (SSSR count). The summed E-state index contributed by atoms with van der Waals surface area (Å²) in [6.07, 6.45) is 4.33. The van der Waals surface area contributed by atoms with E-state index in [1.807, 2.05) is 66.1 Å². The Morgan fingerprint density at radius 1 is 0.974 bits per heavy atom. The minimum Gasteiger partial charge on any atom is -0.488 e. The molecule has 0 saturated carbocycles. The largest absolute Gasteiger partial charge is 0.488 e. The monoisotopic (exact) mass is 554 g/mol. The van der Waals surface area contributed by atoms with Crippen LogP contribution in [-0.4, -0.2) is 18.9 Å². The quantitative estimate of drug-likeness (QED) is 0.259.